The van der Waals surface area contributed by atoms with Crippen LogP contribution >= 0.6 is 60.5 Å². The number of carbonyl (C=O) groups excluding carboxylic acids is 2. The van der Waals surface area contributed by atoms with E-state index in [1.165, 1.54) is 237 Å². The number of methoxy groups -OCH3 is 1. The first kappa shape index (κ1) is 178. The summed E-state index contributed by atoms with van der Waals surface area (Å²) in [4.78, 5) is 44.4. The molecule has 1 radical (unpaired) electrons. The number of aliphatic hydroxyl groups excluding tert-OH is 1. The summed E-state index contributed by atoms with van der Waals surface area (Å²) in [5.74, 6) is 10.4. The maximum Gasteiger partial charge on any atom is 0.168 e. The molecular formula is C117H257ClN15O10S5Se. The zero-order chi connectivity index (χ0) is 102. The van der Waals surface area contributed by atoms with Gasteiger partial charge in [-0.2, -0.15) is 76.0 Å². The van der Waals surface area contributed by atoms with Crippen LogP contribution < -0.4 is 27.6 Å². The molecule has 3 aromatic rings. The number of hydrogen-bond donors (Lipinski definition) is 6. The molecule has 4 fully saturated rings. The average Bonchev–Trinajstić information content (AvgIpc) is 1.66. The number of thiol groups is 2. The van der Waals surface area contributed by atoms with Crippen LogP contribution in [-0.4, -0.2) is 425 Å². The molecule has 4 aliphatic heterocycles. The van der Waals surface area contributed by atoms with Gasteiger partial charge in [0, 0.05) is 143 Å². The van der Waals surface area contributed by atoms with E-state index in [9.17, 15) is 14.7 Å². The molecule has 0 spiro atoms. The number of thioether (sulfide) groups is 3. The number of nitrogens with one attached hydrogen (secondary N) is 3. The molecule has 4 aliphatic rings. The van der Waals surface area contributed by atoms with E-state index in [1.807, 2.05) is 83.3 Å². The molecule has 149 heavy (non-hydrogen) atoms. The van der Waals surface area contributed by atoms with Crippen LogP contribution in [0.2, 0.25) is 5.82 Å². The Morgan fingerprint density at radius 2 is 0.933 bits per heavy atom. The zero-order valence-electron chi connectivity index (χ0n) is 91.7. The molecule has 7 rings (SSSR count). The number of ether oxygens (including phenoxy) is 7. The van der Waals surface area contributed by atoms with Crippen molar-refractivity contribution in [3.63, 3.8) is 0 Å². The number of nitrogens with zero attached hydrogens (tertiary/aromatic N) is 12. The maximum atomic E-state index is 12.0. The van der Waals surface area contributed by atoms with Crippen molar-refractivity contribution in [3.05, 3.63) is 54.4 Å². The Hall–Kier alpha value is -1.41. The van der Waals surface area contributed by atoms with Crippen LogP contribution in [0.5, 0.6) is 0 Å². The van der Waals surface area contributed by atoms with Crippen LogP contribution in [0.25, 0.3) is 11.0 Å². The molecule has 2 aromatic heterocycles. The van der Waals surface area contributed by atoms with Gasteiger partial charge in [-0.15, -0.1) is 0 Å². The average molecular weight is 2310 g/mol. The van der Waals surface area contributed by atoms with E-state index in [0.717, 1.165) is 155 Å². The molecule has 0 aliphatic carbocycles. The Bertz CT molecular complexity index is 2960. The van der Waals surface area contributed by atoms with Gasteiger partial charge in [0.05, 0.1) is 77.3 Å². The third-order valence-electron chi connectivity index (χ3n) is 24.4. The maximum absolute atomic E-state index is 12.0. The van der Waals surface area contributed by atoms with Crippen molar-refractivity contribution in [2.24, 2.45) is 18.9 Å². The van der Waals surface area contributed by atoms with Crippen molar-refractivity contribution in [1.82, 2.24) is 70.1 Å². The molecule has 0 bridgehead atoms. The molecule has 4 N–H and O–H groups in total. The number of amides is 2. The van der Waals surface area contributed by atoms with Crippen molar-refractivity contribution in [2.45, 2.75) is 369 Å². The van der Waals surface area contributed by atoms with E-state index >= 15 is 0 Å². The molecule has 8 unspecified atom stereocenters. The van der Waals surface area contributed by atoms with Crippen LogP contribution in [0.1, 0.15) is 338 Å². The molecular weight excluding hydrogens is 2050 g/mol. The minimum Gasteiger partial charge on any atom is -1.00 e. The molecule has 32 heteroatoms. The zero-order valence-corrected chi connectivity index (χ0v) is 98.4. The van der Waals surface area contributed by atoms with Gasteiger partial charge >= 0.3 is 21.8 Å². The Morgan fingerprint density at radius 3 is 1.42 bits per heavy atom. The minimum absolute atomic E-state index is 0. The predicted molar refractivity (Wildman–Crippen MR) is 674 cm³/mol. The number of likely N-dealkylation sites (tertiary alicyclic amines) is 4. The minimum atomic E-state index is -0.417. The summed E-state index contributed by atoms with van der Waals surface area (Å²) < 4.78 is 42.0. The summed E-state index contributed by atoms with van der Waals surface area (Å²) in [5.41, 5.74) is 2.08. The van der Waals surface area contributed by atoms with Crippen LogP contribution in [0.15, 0.2) is 48.8 Å². The number of likely N-dealkylation sites (N-methyl/N-ethyl adjacent to an activating group) is 1. The van der Waals surface area contributed by atoms with E-state index in [0.29, 0.717) is 85.1 Å². The van der Waals surface area contributed by atoms with E-state index in [4.69, 9.17) is 33.2 Å². The normalized spacial score (nSPS) is 14.8. The fraction of sp³-hybridized carbons (Fsp3) is 0.889. The second-order valence-electron chi connectivity index (χ2n) is 36.8. The van der Waals surface area contributed by atoms with Gasteiger partial charge in [-0.3, -0.25) is 14.5 Å². The van der Waals surface area contributed by atoms with Crippen molar-refractivity contribution in [2.75, 3.05) is 297 Å². The first-order chi connectivity index (χ1) is 66.6. The van der Waals surface area contributed by atoms with E-state index in [-0.39, 0.29) is 106 Å². The number of aromatic amines is 1. The summed E-state index contributed by atoms with van der Waals surface area (Å²) in [6.07, 6.45) is 31.6. The van der Waals surface area contributed by atoms with Gasteiger partial charge < -0.3 is 101 Å². The van der Waals surface area contributed by atoms with E-state index in [1.54, 1.807) is 25.3 Å². The monoisotopic (exact) mass is 2310 g/mol. The smallest absolute Gasteiger partial charge is 0.168 e. The second-order valence-corrected chi connectivity index (χ2v) is 41.7. The number of aryl methyl sites for hydroxylation is 1. The quantitative estimate of drug-likeness (QED) is 0.0102. The topological polar surface area (TPSA) is 218 Å². The fourth-order valence-electron chi connectivity index (χ4n) is 15.7. The number of aliphatic hydroxyl groups is 1. The van der Waals surface area contributed by atoms with Crippen LogP contribution in [0, 0.1) is 11.8 Å². The number of halogens is 1. The summed E-state index contributed by atoms with van der Waals surface area (Å²) in [6, 6.07) is 11.8. The standard InChI is InChI=1S/C22H44N2O2.C21H46N2O3.C13H19N5O.C13H28N2OS2.C10H21NO2S.C10H23NOS.C10H21NS.C6H8N.CH3Se.11CH4.ClH/c1-19(16-25-18-21(3)24-13-9-6-10-14-24)20(2)17-26-22(4)15-23-11-7-5-8-12-23;1-6-10-22(11-7-2)14-16-24-18-19-25-20-21(5)26-17-15-23(12-8-3)13-9-4;1-3-18(4-2)8-7-14-13(19)10-5-6-11-12(9-10)16-17-15-11;1-3-6-15(7-4-2)8-10-18-12-11-17-9-5-14-13-16;12-10(9-14)8-13-7-6-11-4-2-1-3-5-11;1-5-11(6-2)7-8-13-9-10(3)12-4;1-10(12)6-5-9-11-7-3-2-4-8-11;1-7-5-3-2-4-6-7;1-2;;;;;;;;;;;;/h19-22H,5-18H2,1-4H3;21H,6-20H2,1-5H3;5-6,9H,3-4,7-8H2,1-2H3,(H,14,19)(H,15,16,17);13H,3-12H2,1-2H3,(H,14,16);10,12,14H,1-9H2;10H,5-9H2,1-4H3;10,12H,2-9H2,1H3;2-6H,1H3;1H3;11*1H4;1H/q;;;;;;;+1;;;;;;;;;;;;;/p-1. The summed E-state index contributed by atoms with van der Waals surface area (Å²) in [7, 11) is 3.77. The molecule has 25 nitrogen and oxygen atoms in total. The van der Waals surface area contributed by atoms with Crippen LogP contribution in [0.4, 0.5) is 0 Å². The molecule has 903 valence electrons. The number of carbonyl (C=O) groups is 2. The number of fused-ring (bicyclic) bond motifs is 1. The summed E-state index contributed by atoms with van der Waals surface area (Å²) in [5, 5.41) is 25.8. The molecule has 0 saturated carbocycles. The predicted octanol–water partition coefficient (Wildman–Crippen LogP) is 21.2. The number of H-pyrrole nitrogens is 1. The van der Waals surface area contributed by atoms with Gasteiger partial charge in [0.15, 0.2) is 12.4 Å². The van der Waals surface area contributed by atoms with Crippen molar-refractivity contribution < 1.29 is 64.8 Å². The second kappa shape index (κ2) is 132. The third kappa shape index (κ3) is 109. The number of rotatable bonds is 69. The van der Waals surface area contributed by atoms with Gasteiger partial charge in [-0.1, -0.05) is 203 Å². The largest absolute Gasteiger partial charge is 1.00 e. The molecule has 4 saturated heterocycles. The molecule has 8 atom stereocenters. The van der Waals surface area contributed by atoms with Gasteiger partial charge in [0.1, 0.15) is 18.1 Å². The number of piperidine rings is 4. The van der Waals surface area contributed by atoms with Crippen molar-refractivity contribution in [1.29, 1.82) is 0 Å². The summed E-state index contributed by atoms with van der Waals surface area (Å²) >= 11 is 16.9. The van der Waals surface area contributed by atoms with Gasteiger partial charge in [0.2, 0.25) is 6.41 Å². The third-order valence-corrected chi connectivity index (χ3v) is 28.4. The van der Waals surface area contributed by atoms with Gasteiger partial charge in [-0.25, -0.2) is 4.57 Å². The SMILES string of the molecule is C.C.C.C.C.C.C.C.C.C.C.CC(CN1CCCCC1)OCC(C)C(C)COCC(C)N1CCCCC1.CC(S)CCCN1CCCCC1.CCCN(CCC)CCOCCOCC(C)OCCN(CCC)CCC.CCCN(CCC)CCSCCSCCNC=O.CCN(CC)CCNC(=O)c1ccc2n[nH]nc2c1.CCN(CC)CCSCC(C)OC.C[Se].C[n+]1ccccc1.OC(CS)COCCN1CCCCC1.[Cl-]. The Morgan fingerprint density at radius 1 is 0.483 bits per heavy atom. The van der Waals surface area contributed by atoms with E-state index in [2.05, 4.69) is 229 Å². The summed E-state index contributed by atoms with van der Waals surface area (Å²) in [6.45, 7) is 76.5. The van der Waals surface area contributed by atoms with Crippen molar-refractivity contribution >= 4 is 99.9 Å². The first-order valence-corrected chi connectivity index (χ1v) is 60.3. The number of benzene rings is 1. The Balaban J connectivity index is -0.000000117. The van der Waals surface area contributed by atoms with Crippen LogP contribution in [0.3, 0.4) is 0 Å². The first-order valence-electron chi connectivity index (χ1n) is 53.9. The van der Waals surface area contributed by atoms with Gasteiger partial charge in [0.25, 0.3) is 5.91 Å². The van der Waals surface area contributed by atoms with Crippen LogP contribution in [-0.2, 0) is 45.0 Å². The number of pyridine rings is 1. The molecule has 2 amide bonds. The number of aromatic nitrogens is 4. The van der Waals surface area contributed by atoms with Gasteiger partial charge in [-0.05, 0) is 290 Å². The molecule has 6 heterocycles. The Kier molecular flexibility index (Phi) is 157. The van der Waals surface area contributed by atoms with E-state index < -0.39 is 6.10 Å². The fourth-order valence-corrected chi connectivity index (χ4v) is 19.0. The van der Waals surface area contributed by atoms with Crippen molar-refractivity contribution in [3.8, 4) is 0 Å². The molecule has 1 aromatic carbocycles. The Labute approximate surface area is 967 Å². The number of hydrogen-bond acceptors (Lipinski definition) is 26.